The molecule has 0 spiro atoms. The van der Waals surface area contributed by atoms with Crippen molar-refractivity contribution in [1.82, 2.24) is 0 Å². The van der Waals surface area contributed by atoms with E-state index in [4.69, 9.17) is 4.74 Å². The van der Waals surface area contributed by atoms with E-state index in [1.807, 2.05) is 0 Å². The largest absolute Gasteiger partial charge is 0.456 e. The van der Waals surface area contributed by atoms with Crippen LogP contribution in [-0.4, -0.2) is 8.80 Å². The van der Waals surface area contributed by atoms with Crippen LogP contribution in [0.4, 0.5) is 0 Å². The van der Waals surface area contributed by atoms with Gasteiger partial charge in [-0.2, -0.15) is 0 Å². The van der Waals surface area contributed by atoms with Gasteiger partial charge in [0.25, 0.3) is 0 Å². The van der Waals surface area contributed by atoms with Crippen LogP contribution in [0.3, 0.4) is 0 Å². The minimum absolute atomic E-state index is 0.914. The standard InChI is InChI=1S/C48H34OSi/c1-50(2)45-28-27-41-35-24-23-31(29-44(35)49-43-22-12-21-42(45)48(41)43)46-36-17-8-10-19-38(36)47(39-20-11-9-18-37(39)46)40-26-25-32(30-13-4-3-5-14-30)33-15-6-7-16-34(33)40/h3-29,50H,1-2H3. The minimum atomic E-state index is -1.01. The summed E-state index contributed by atoms with van der Waals surface area (Å²) in [7, 11) is -1.01. The normalized spacial score (nSPS) is 12.1. The van der Waals surface area contributed by atoms with Crippen LogP contribution >= 0.6 is 0 Å². The molecule has 2 heteroatoms. The van der Waals surface area contributed by atoms with Gasteiger partial charge in [0.15, 0.2) is 0 Å². The Morgan fingerprint density at radius 3 is 1.58 bits per heavy atom. The Morgan fingerprint density at radius 2 is 0.900 bits per heavy atom. The highest BCUT2D eigenvalue weighted by Crippen LogP contribution is 2.50. The van der Waals surface area contributed by atoms with E-state index in [0.29, 0.717) is 0 Å². The summed E-state index contributed by atoms with van der Waals surface area (Å²) in [5, 5.41) is 11.6. The molecule has 1 heterocycles. The summed E-state index contributed by atoms with van der Waals surface area (Å²) >= 11 is 0. The van der Waals surface area contributed by atoms with Crippen LogP contribution in [0.5, 0.6) is 11.5 Å². The Kier molecular flexibility index (Phi) is 6.55. The van der Waals surface area contributed by atoms with E-state index in [1.165, 1.54) is 81.7 Å². The van der Waals surface area contributed by atoms with E-state index in [9.17, 15) is 0 Å². The topological polar surface area (TPSA) is 9.23 Å². The molecule has 50 heavy (non-hydrogen) atoms. The van der Waals surface area contributed by atoms with Gasteiger partial charge in [0.2, 0.25) is 0 Å². The minimum Gasteiger partial charge on any atom is -0.456 e. The molecule has 0 aromatic heterocycles. The molecule has 0 amide bonds. The molecule has 0 saturated heterocycles. The number of ether oxygens (including phenoxy) is 1. The van der Waals surface area contributed by atoms with Crippen molar-refractivity contribution in [3.05, 3.63) is 164 Å². The summed E-state index contributed by atoms with van der Waals surface area (Å²) in [5.41, 5.74) is 9.83. The van der Waals surface area contributed by atoms with Crippen LogP contribution in [0, 0.1) is 0 Å². The van der Waals surface area contributed by atoms with Gasteiger partial charge in [0, 0.05) is 10.9 Å². The zero-order chi connectivity index (χ0) is 33.3. The molecule has 9 aromatic carbocycles. The van der Waals surface area contributed by atoms with Gasteiger partial charge in [-0.25, -0.2) is 0 Å². The zero-order valence-corrected chi connectivity index (χ0v) is 29.2. The van der Waals surface area contributed by atoms with Crippen molar-refractivity contribution in [3.63, 3.8) is 0 Å². The first-order chi connectivity index (χ1) is 24.7. The second-order valence-corrected chi connectivity index (χ2v) is 16.7. The van der Waals surface area contributed by atoms with Crippen molar-refractivity contribution >= 4 is 57.1 Å². The van der Waals surface area contributed by atoms with Crippen LogP contribution in [0.25, 0.3) is 87.6 Å². The van der Waals surface area contributed by atoms with E-state index in [2.05, 4.69) is 177 Å². The maximum Gasteiger partial charge on any atom is 0.135 e. The number of benzene rings is 9. The molecule has 10 rings (SSSR count). The molecule has 0 N–H and O–H groups in total. The van der Waals surface area contributed by atoms with Gasteiger partial charge in [-0.15, -0.1) is 0 Å². The summed E-state index contributed by atoms with van der Waals surface area (Å²) < 4.78 is 6.77. The van der Waals surface area contributed by atoms with Crippen molar-refractivity contribution in [2.75, 3.05) is 0 Å². The first kappa shape index (κ1) is 29.0. The van der Waals surface area contributed by atoms with Gasteiger partial charge < -0.3 is 4.74 Å². The van der Waals surface area contributed by atoms with Gasteiger partial charge in [0.1, 0.15) is 11.5 Å². The summed E-state index contributed by atoms with van der Waals surface area (Å²) in [6.07, 6.45) is 0. The first-order valence-corrected chi connectivity index (χ1v) is 20.4. The number of rotatable bonds is 4. The molecule has 1 nitrogen and oxygen atoms in total. The molecule has 1 aliphatic rings. The molecular weight excluding hydrogens is 621 g/mol. The molecule has 0 aliphatic carbocycles. The third kappa shape index (κ3) is 4.32. The summed E-state index contributed by atoms with van der Waals surface area (Å²) in [5.74, 6) is 1.87. The lowest BCUT2D eigenvalue weighted by Gasteiger charge is -2.24. The summed E-state index contributed by atoms with van der Waals surface area (Å²) in [6, 6.07) is 60.1. The van der Waals surface area contributed by atoms with Crippen LogP contribution in [0.1, 0.15) is 0 Å². The fourth-order valence-corrected chi connectivity index (χ4v) is 9.77. The fourth-order valence-electron chi connectivity index (χ4n) is 8.43. The average Bonchev–Trinajstić information content (AvgIpc) is 3.17. The quantitative estimate of drug-likeness (QED) is 0.136. The van der Waals surface area contributed by atoms with Gasteiger partial charge in [-0.1, -0.05) is 164 Å². The smallest absolute Gasteiger partial charge is 0.135 e. The van der Waals surface area contributed by atoms with E-state index < -0.39 is 8.80 Å². The van der Waals surface area contributed by atoms with Crippen molar-refractivity contribution in [1.29, 1.82) is 0 Å². The molecule has 0 fully saturated rings. The second-order valence-electron chi connectivity index (χ2n) is 13.8. The number of hydrogen-bond donors (Lipinski definition) is 0. The van der Waals surface area contributed by atoms with Crippen molar-refractivity contribution in [2.24, 2.45) is 0 Å². The number of hydrogen-bond acceptors (Lipinski definition) is 1. The monoisotopic (exact) mass is 654 g/mol. The Morgan fingerprint density at radius 1 is 0.360 bits per heavy atom. The van der Waals surface area contributed by atoms with E-state index in [-0.39, 0.29) is 0 Å². The third-order valence-electron chi connectivity index (χ3n) is 10.6. The molecule has 236 valence electrons. The molecular formula is C48H34OSi. The van der Waals surface area contributed by atoms with Crippen molar-refractivity contribution < 1.29 is 4.74 Å². The number of fused-ring (bicyclic) bond motifs is 5. The van der Waals surface area contributed by atoms with Crippen LogP contribution < -0.4 is 9.92 Å². The van der Waals surface area contributed by atoms with E-state index in [1.54, 1.807) is 0 Å². The Balaban J connectivity index is 1.21. The van der Waals surface area contributed by atoms with Gasteiger partial charge in [-0.05, 0) is 94.8 Å². The van der Waals surface area contributed by atoms with Gasteiger partial charge in [-0.3, -0.25) is 0 Å². The predicted molar refractivity (Wildman–Crippen MR) is 217 cm³/mol. The highest BCUT2D eigenvalue weighted by molar-refractivity contribution is 6.73. The molecule has 0 unspecified atom stereocenters. The summed E-state index contributed by atoms with van der Waals surface area (Å²) in [6.45, 7) is 4.80. The average molecular weight is 655 g/mol. The lowest BCUT2D eigenvalue weighted by Crippen LogP contribution is -2.23. The first-order valence-electron chi connectivity index (χ1n) is 17.5. The highest BCUT2D eigenvalue weighted by Gasteiger charge is 2.24. The molecule has 1 aliphatic heterocycles. The molecule has 9 aromatic rings. The zero-order valence-electron chi connectivity index (χ0n) is 28.1. The van der Waals surface area contributed by atoms with Crippen LogP contribution in [0.15, 0.2) is 164 Å². The lowest BCUT2D eigenvalue weighted by atomic mass is 9.83. The maximum atomic E-state index is 6.77. The Labute approximate surface area is 293 Å². The predicted octanol–water partition coefficient (Wildman–Crippen LogP) is 12.8. The maximum absolute atomic E-state index is 6.77. The second kappa shape index (κ2) is 11.3. The highest BCUT2D eigenvalue weighted by atomic mass is 28.3. The molecule has 0 bridgehead atoms. The molecule has 0 radical (unpaired) electrons. The van der Waals surface area contributed by atoms with Crippen LogP contribution in [0.2, 0.25) is 13.1 Å². The third-order valence-corrected chi connectivity index (χ3v) is 12.4. The van der Waals surface area contributed by atoms with Gasteiger partial charge in [0.05, 0.1) is 8.80 Å². The lowest BCUT2D eigenvalue weighted by molar-refractivity contribution is 0.487. The SMILES string of the molecule is C[SiH](C)c1ccc2c3c(cccc13)Oc1cc(-c3c4ccccc4c(-c4ccc(-c5ccccc5)c5ccccc45)c4ccccc34)ccc1-2. The fraction of sp³-hybridized carbons (Fsp3) is 0.0417. The van der Waals surface area contributed by atoms with Crippen molar-refractivity contribution in [2.45, 2.75) is 13.1 Å². The van der Waals surface area contributed by atoms with Crippen molar-refractivity contribution in [3.8, 4) is 56.0 Å². The Hall–Kier alpha value is -5.96. The van der Waals surface area contributed by atoms with E-state index in [0.717, 1.165) is 22.6 Å². The molecule has 0 saturated carbocycles. The van der Waals surface area contributed by atoms with Gasteiger partial charge >= 0.3 is 0 Å². The Bertz CT molecular complexity index is 2760. The van der Waals surface area contributed by atoms with E-state index >= 15 is 0 Å². The summed E-state index contributed by atoms with van der Waals surface area (Å²) in [4.78, 5) is 0. The van der Waals surface area contributed by atoms with Crippen LogP contribution in [-0.2, 0) is 0 Å². The molecule has 0 atom stereocenters.